The van der Waals surface area contributed by atoms with Crippen molar-refractivity contribution in [3.05, 3.63) is 51.4 Å². The zero-order chi connectivity index (χ0) is 18.2. The Morgan fingerprint density at radius 1 is 1.40 bits per heavy atom. The van der Waals surface area contributed by atoms with Crippen LogP contribution in [0, 0.1) is 17.0 Å². The van der Waals surface area contributed by atoms with Crippen LogP contribution in [0.1, 0.15) is 42.8 Å². The Hall–Kier alpha value is -2.26. The van der Waals surface area contributed by atoms with Crippen molar-refractivity contribution in [2.45, 2.75) is 44.0 Å². The Balaban J connectivity index is 2.08. The second kappa shape index (κ2) is 6.57. The minimum atomic E-state index is -4.01. The smallest absolute Gasteiger partial charge is 0.289 e. The van der Waals surface area contributed by atoms with Crippen LogP contribution in [0.4, 0.5) is 5.69 Å². The van der Waals surface area contributed by atoms with Crippen LogP contribution >= 0.6 is 0 Å². The highest BCUT2D eigenvalue weighted by molar-refractivity contribution is 7.89. The van der Waals surface area contributed by atoms with Gasteiger partial charge in [-0.2, -0.15) is 4.31 Å². The molecule has 9 heteroatoms. The van der Waals surface area contributed by atoms with Crippen molar-refractivity contribution >= 4 is 15.7 Å². The average Bonchev–Trinajstić information content (AvgIpc) is 3.20. The molecule has 0 aliphatic carbocycles. The van der Waals surface area contributed by atoms with E-state index in [1.807, 2.05) is 6.92 Å². The number of para-hydroxylation sites is 1. The minimum Gasteiger partial charge on any atom is -0.361 e. The summed E-state index contributed by atoms with van der Waals surface area (Å²) in [6.07, 6.45) is 1.92. The molecule has 0 amide bonds. The first-order chi connectivity index (χ1) is 11.9. The largest absolute Gasteiger partial charge is 0.361 e. The molecule has 0 unspecified atom stereocenters. The molecule has 2 aromatic rings. The normalized spacial score (nSPS) is 18.6. The van der Waals surface area contributed by atoms with Crippen molar-refractivity contribution in [2.75, 3.05) is 6.54 Å². The fourth-order valence-electron chi connectivity index (χ4n) is 3.37. The van der Waals surface area contributed by atoms with Gasteiger partial charge in [0.05, 0.1) is 16.7 Å². The lowest BCUT2D eigenvalue weighted by atomic mass is 10.0. The molecule has 8 nitrogen and oxygen atoms in total. The van der Waals surface area contributed by atoms with E-state index < -0.39 is 26.7 Å². The molecule has 25 heavy (non-hydrogen) atoms. The highest BCUT2D eigenvalue weighted by atomic mass is 32.2. The Morgan fingerprint density at radius 3 is 2.80 bits per heavy atom. The molecule has 0 N–H and O–H groups in total. The fraction of sp³-hybridized carbons (Fsp3) is 0.438. The average molecular weight is 365 g/mol. The molecule has 134 valence electrons. The lowest BCUT2D eigenvalue weighted by Gasteiger charge is -2.24. The Labute approximate surface area is 145 Å². The van der Waals surface area contributed by atoms with Gasteiger partial charge in [0.1, 0.15) is 5.76 Å². The number of hydrogen-bond acceptors (Lipinski definition) is 6. The Bertz CT molecular complexity index is 906. The fourth-order valence-corrected chi connectivity index (χ4v) is 5.20. The van der Waals surface area contributed by atoms with Gasteiger partial charge in [-0.1, -0.05) is 24.2 Å². The van der Waals surface area contributed by atoms with Crippen LogP contribution in [0.25, 0.3) is 0 Å². The number of sulfonamides is 1. The predicted molar refractivity (Wildman–Crippen MR) is 89.6 cm³/mol. The first-order valence-electron chi connectivity index (χ1n) is 8.08. The van der Waals surface area contributed by atoms with Crippen LogP contribution in [0.2, 0.25) is 0 Å². The lowest BCUT2D eigenvalue weighted by molar-refractivity contribution is -0.387. The molecule has 1 aliphatic rings. The van der Waals surface area contributed by atoms with E-state index in [9.17, 15) is 18.5 Å². The first kappa shape index (κ1) is 17.6. The number of nitro groups is 1. The monoisotopic (exact) mass is 365 g/mol. The summed E-state index contributed by atoms with van der Waals surface area (Å²) >= 11 is 0. The molecule has 1 aromatic carbocycles. The van der Waals surface area contributed by atoms with Crippen molar-refractivity contribution in [3.63, 3.8) is 0 Å². The highest BCUT2D eigenvalue weighted by Crippen LogP contribution is 2.40. The molecule has 1 aliphatic heterocycles. The predicted octanol–water partition coefficient (Wildman–Crippen LogP) is 2.98. The van der Waals surface area contributed by atoms with Gasteiger partial charge in [0.25, 0.3) is 5.69 Å². The lowest BCUT2D eigenvalue weighted by Crippen LogP contribution is -2.31. The zero-order valence-electron chi connectivity index (χ0n) is 14.0. The van der Waals surface area contributed by atoms with Crippen molar-refractivity contribution in [3.8, 4) is 0 Å². The highest BCUT2D eigenvalue weighted by Gasteiger charge is 2.41. The molecular weight excluding hydrogens is 346 g/mol. The van der Waals surface area contributed by atoms with E-state index in [0.29, 0.717) is 37.3 Å². The topological polar surface area (TPSA) is 107 Å². The van der Waals surface area contributed by atoms with Gasteiger partial charge in [0.2, 0.25) is 10.0 Å². The number of hydrogen-bond donors (Lipinski definition) is 0. The van der Waals surface area contributed by atoms with Crippen LogP contribution in [-0.2, 0) is 16.4 Å². The third kappa shape index (κ3) is 2.93. The quantitative estimate of drug-likeness (QED) is 0.595. The van der Waals surface area contributed by atoms with Gasteiger partial charge in [-0.25, -0.2) is 8.42 Å². The summed E-state index contributed by atoms with van der Waals surface area (Å²) in [6, 6.07) is 5.03. The first-order valence-corrected chi connectivity index (χ1v) is 9.52. The van der Waals surface area contributed by atoms with Crippen LogP contribution < -0.4 is 0 Å². The zero-order valence-corrected chi connectivity index (χ0v) is 14.8. The number of benzene rings is 1. The minimum absolute atomic E-state index is 0.279. The number of aryl methyl sites for hydroxylation is 2. The molecule has 0 saturated carbocycles. The molecular formula is C16H19N3O5S. The maximum atomic E-state index is 13.1. The van der Waals surface area contributed by atoms with Gasteiger partial charge in [0, 0.05) is 24.6 Å². The van der Waals surface area contributed by atoms with Crippen molar-refractivity contribution in [1.29, 1.82) is 0 Å². The molecule has 1 saturated heterocycles. The van der Waals surface area contributed by atoms with E-state index in [2.05, 4.69) is 5.16 Å². The molecule has 1 aromatic heterocycles. The number of nitro benzene ring substituents is 1. The van der Waals surface area contributed by atoms with Crippen LogP contribution in [0.5, 0.6) is 0 Å². The van der Waals surface area contributed by atoms with Gasteiger partial charge in [-0.05, 0) is 25.8 Å². The van der Waals surface area contributed by atoms with Gasteiger partial charge < -0.3 is 4.52 Å². The summed E-state index contributed by atoms with van der Waals surface area (Å²) in [6.45, 7) is 4.01. The van der Waals surface area contributed by atoms with E-state index in [1.54, 1.807) is 6.92 Å². The summed E-state index contributed by atoms with van der Waals surface area (Å²) in [5.41, 5.74) is 1.03. The number of aromatic nitrogens is 1. The second-order valence-electron chi connectivity index (χ2n) is 5.96. The molecule has 1 fully saturated rings. The van der Waals surface area contributed by atoms with Crippen molar-refractivity contribution in [2.24, 2.45) is 0 Å². The standard InChI is InChI=1S/C16H19N3O5S/c1-3-14-16(11(2)17-24-14)13-8-6-10-18(13)25(22,23)15-9-5-4-7-12(15)19(20)21/h4-5,7,9,13H,3,6,8,10H2,1-2H3/t13-/m1/s1. The summed E-state index contributed by atoms with van der Waals surface area (Å²) in [4.78, 5) is 10.3. The van der Waals surface area contributed by atoms with E-state index in [1.165, 1.54) is 28.6 Å². The van der Waals surface area contributed by atoms with Gasteiger partial charge in [-0.3, -0.25) is 10.1 Å². The van der Waals surface area contributed by atoms with Crippen LogP contribution in [0.15, 0.2) is 33.7 Å². The molecule has 0 radical (unpaired) electrons. The Morgan fingerprint density at radius 2 is 2.12 bits per heavy atom. The van der Waals surface area contributed by atoms with Crippen molar-refractivity contribution in [1.82, 2.24) is 9.46 Å². The van der Waals surface area contributed by atoms with Crippen LogP contribution in [-0.4, -0.2) is 29.3 Å². The van der Waals surface area contributed by atoms with E-state index >= 15 is 0 Å². The van der Waals surface area contributed by atoms with Gasteiger partial charge in [-0.15, -0.1) is 0 Å². The maximum Gasteiger partial charge on any atom is 0.289 e. The summed E-state index contributed by atoms with van der Waals surface area (Å²) in [5, 5.41) is 15.2. The summed E-state index contributed by atoms with van der Waals surface area (Å²) < 4.78 is 32.9. The second-order valence-corrected chi connectivity index (χ2v) is 7.82. The molecule has 2 heterocycles. The summed E-state index contributed by atoms with van der Waals surface area (Å²) in [5.74, 6) is 0.659. The maximum absolute atomic E-state index is 13.1. The molecule has 1 atom stereocenters. The Kier molecular flexibility index (Phi) is 4.61. The number of rotatable bonds is 5. The van der Waals surface area contributed by atoms with Crippen LogP contribution in [0.3, 0.4) is 0 Å². The van der Waals surface area contributed by atoms with Crippen molar-refractivity contribution < 1.29 is 17.9 Å². The molecule has 3 rings (SSSR count). The van der Waals surface area contributed by atoms with E-state index in [4.69, 9.17) is 4.52 Å². The van der Waals surface area contributed by atoms with Gasteiger partial charge >= 0.3 is 0 Å². The van der Waals surface area contributed by atoms with E-state index in [0.717, 1.165) is 5.56 Å². The van der Waals surface area contributed by atoms with E-state index in [-0.39, 0.29) is 4.90 Å². The molecule has 0 spiro atoms. The third-order valence-corrected chi connectivity index (χ3v) is 6.45. The SMILES string of the molecule is CCc1onc(C)c1[C@H]1CCCN1S(=O)(=O)c1ccccc1[N+](=O)[O-]. The van der Waals surface area contributed by atoms with Gasteiger partial charge in [0.15, 0.2) is 4.90 Å². The number of nitrogens with zero attached hydrogens (tertiary/aromatic N) is 3. The molecule has 0 bridgehead atoms. The summed E-state index contributed by atoms with van der Waals surface area (Å²) in [7, 11) is -4.01. The third-order valence-electron chi connectivity index (χ3n) is 4.49.